The van der Waals surface area contributed by atoms with Crippen molar-refractivity contribution in [1.82, 2.24) is 20.5 Å². The third-order valence-corrected chi connectivity index (χ3v) is 5.11. The van der Waals surface area contributed by atoms with Gasteiger partial charge in [0, 0.05) is 17.6 Å². The van der Waals surface area contributed by atoms with E-state index in [1.807, 2.05) is 12.3 Å². The average molecular weight is 456 g/mol. The third kappa shape index (κ3) is 3.79. The van der Waals surface area contributed by atoms with Gasteiger partial charge in [-0.2, -0.15) is 15.4 Å². The molecule has 2 amide bonds. The molecule has 0 saturated carbocycles. The molecule has 0 bridgehead atoms. The lowest BCUT2D eigenvalue weighted by molar-refractivity contribution is 0.248. The molecule has 0 fully saturated rings. The number of halogens is 2. The molecule has 11 heteroatoms. The number of carbonyl (C=O) groups is 1. The Morgan fingerprint density at radius 3 is 2.58 bits per heavy atom. The van der Waals surface area contributed by atoms with Crippen LogP contribution in [0.1, 0.15) is 25.3 Å². The number of ether oxygens (including phenoxy) is 1. The van der Waals surface area contributed by atoms with E-state index in [9.17, 15) is 4.79 Å². The van der Waals surface area contributed by atoms with Crippen LogP contribution >= 0.6 is 23.2 Å². The van der Waals surface area contributed by atoms with Gasteiger partial charge in [0.2, 0.25) is 5.88 Å². The number of hydrazone groups is 1. The molecule has 1 aliphatic rings. The van der Waals surface area contributed by atoms with Crippen LogP contribution in [0.3, 0.4) is 0 Å². The van der Waals surface area contributed by atoms with Crippen LogP contribution < -0.4 is 15.1 Å². The standard InChI is InChI=1S/C20H15Cl2N7O2/c1-9(2)13-8-24-19-12(13)6-17(26-27-19)31-18-14(21)4-11(5-15(18)22)29-20(30)25-10(3)16(7-23)28-29/h4-6,8-9H,3H2,1-2H3,(H,24,27)(H,25,30). The van der Waals surface area contributed by atoms with Gasteiger partial charge in [0.05, 0.1) is 21.4 Å². The third-order valence-electron chi connectivity index (χ3n) is 4.55. The Morgan fingerprint density at radius 2 is 1.94 bits per heavy atom. The number of anilines is 1. The van der Waals surface area contributed by atoms with Crippen molar-refractivity contribution in [1.29, 1.82) is 5.26 Å². The summed E-state index contributed by atoms with van der Waals surface area (Å²) in [5, 5.41) is 25.8. The number of H-pyrrole nitrogens is 1. The lowest BCUT2D eigenvalue weighted by Crippen LogP contribution is -2.42. The van der Waals surface area contributed by atoms with Crippen LogP contribution in [0, 0.1) is 11.3 Å². The second-order valence-corrected chi connectivity index (χ2v) is 7.78. The number of nitriles is 1. The van der Waals surface area contributed by atoms with Gasteiger partial charge in [0.15, 0.2) is 17.1 Å². The van der Waals surface area contributed by atoms with Crippen molar-refractivity contribution in [2.75, 3.05) is 5.01 Å². The maximum absolute atomic E-state index is 12.2. The maximum atomic E-state index is 12.2. The normalized spacial score (nSPS) is 13.9. The Morgan fingerprint density at radius 1 is 1.23 bits per heavy atom. The molecule has 9 nitrogen and oxygen atoms in total. The molecule has 3 aromatic rings. The highest BCUT2D eigenvalue weighted by atomic mass is 35.5. The van der Waals surface area contributed by atoms with Gasteiger partial charge in [-0.25, -0.2) is 4.79 Å². The predicted octanol–water partition coefficient (Wildman–Crippen LogP) is 5.10. The Hall–Kier alpha value is -3.61. The molecular weight excluding hydrogens is 441 g/mol. The first-order chi connectivity index (χ1) is 14.8. The van der Waals surface area contributed by atoms with Gasteiger partial charge in [-0.05, 0) is 23.6 Å². The SMILES string of the molecule is C=C1NC(=O)N(c2cc(Cl)c(Oc3cc4c(C(C)C)c[nH]c4nn3)c(Cl)c2)N=C1C#N. The molecule has 1 aromatic carbocycles. The fourth-order valence-corrected chi connectivity index (χ4v) is 3.59. The Kier molecular flexibility index (Phi) is 5.27. The first-order valence-corrected chi connectivity index (χ1v) is 9.84. The Balaban J connectivity index is 1.69. The van der Waals surface area contributed by atoms with E-state index < -0.39 is 6.03 Å². The molecule has 0 saturated heterocycles. The summed E-state index contributed by atoms with van der Waals surface area (Å²) in [5.41, 5.74) is 2.04. The fraction of sp³-hybridized carbons (Fsp3) is 0.150. The molecule has 2 aromatic heterocycles. The molecular formula is C20H15Cl2N7O2. The number of carbonyl (C=O) groups excluding carboxylic acids is 1. The predicted molar refractivity (Wildman–Crippen MR) is 118 cm³/mol. The molecule has 3 heterocycles. The number of urea groups is 1. The summed E-state index contributed by atoms with van der Waals surface area (Å²) >= 11 is 12.8. The van der Waals surface area contributed by atoms with Crippen molar-refractivity contribution in [3.63, 3.8) is 0 Å². The van der Waals surface area contributed by atoms with Crippen molar-refractivity contribution >= 4 is 51.7 Å². The maximum Gasteiger partial charge on any atom is 0.347 e. The van der Waals surface area contributed by atoms with E-state index in [-0.39, 0.29) is 44.7 Å². The topological polar surface area (TPSA) is 119 Å². The van der Waals surface area contributed by atoms with Gasteiger partial charge in [-0.3, -0.25) is 0 Å². The number of allylic oxidation sites excluding steroid dienone is 1. The van der Waals surface area contributed by atoms with Gasteiger partial charge < -0.3 is 15.0 Å². The summed E-state index contributed by atoms with van der Waals surface area (Å²) in [6.07, 6.45) is 1.89. The summed E-state index contributed by atoms with van der Waals surface area (Å²) in [6.45, 7) is 7.72. The Labute approximate surface area is 186 Å². The molecule has 0 unspecified atom stereocenters. The van der Waals surface area contributed by atoms with Crippen LogP contribution in [0.15, 0.2) is 41.8 Å². The number of fused-ring (bicyclic) bond motifs is 1. The highest BCUT2D eigenvalue weighted by Crippen LogP contribution is 2.40. The van der Waals surface area contributed by atoms with E-state index in [4.69, 9.17) is 33.2 Å². The molecule has 4 rings (SSSR count). The van der Waals surface area contributed by atoms with Crippen molar-refractivity contribution in [3.05, 3.63) is 52.3 Å². The minimum Gasteiger partial charge on any atom is -0.434 e. The van der Waals surface area contributed by atoms with Gasteiger partial charge >= 0.3 is 6.03 Å². The van der Waals surface area contributed by atoms with Crippen molar-refractivity contribution < 1.29 is 9.53 Å². The number of nitrogens with one attached hydrogen (secondary N) is 2. The van der Waals surface area contributed by atoms with Crippen molar-refractivity contribution in [3.8, 4) is 17.7 Å². The number of nitrogens with zero attached hydrogens (tertiary/aromatic N) is 5. The van der Waals surface area contributed by atoms with Crippen molar-refractivity contribution in [2.24, 2.45) is 5.10 Å². The van der Waals surface area contributed by atoms with Crippen LogP contribution in [-0.2, 0) is 0 Å². The molecule has 1 aliphatic heterocycles. The second kappa shape index (κ2) is 7.91. The van der Waals surface area contributed by atoms with E-state index >= 15 is 0 Å². The second-order valence-electron chi connectivity index (χ2n) is 6.97. The number of benzene rings is 1. The van der Waals surface area contributed by atoms with Gasteiger partial charge in [-0.15, -0.1) is 10.2 Å². The van der Waals surface area contributed by atoms with E-state index in [0.717, 1.165) is 16.0 Å². The molecule has 0 aliphatic carbocycles. The van der Waals surface area contributed by atoms with E-state index in [0.29, 0.717) is 5.65 Å². The summed E-state index contributed by atoms with van der Waals surface area (Å²) in [6, 6.07) is 5.89. The van der Waals surface area contributed by atoms with Crippen LogP contribution in [0.4, 0.5) is 10.5 Å². The smallest absolute Gasteiger partial charge is 0.347 e. The number of aromatic nitrogens is 3. The average Bonchev–Trinajstić information content (AvgIpc) is 3.14. The van der Waals surface area contributed by atoms with E-state index in [2.05, 4.69) is 46.0 Å². The van der Waals surface area contributed by atoms with Crippen LogP contribution in [0.25, 0.3) is 11.0 Å². The van der Waals surface area contributed by atoms with Crippen LogP contribution in [0.2, 0.25) is 10.0 Å². The molecule has 0 atom stereocenters. The Bertz CT molecular complexity index is 1280. The highest BCUT2D eigenvalue weighted by molar-refractivity contribution is 6.37. The summed E-state index contributed by atoms with van der Waals surface area (Å²) in [7, 11) is 0. The monoisotopic (exact) mass is 455 g/mol. The molecule has 0 radical (unpaired) electrons. The minimum atomic E-state index is -0.602. The van der Waals surface area contributed by atoms with Crippen LogP contribution in [0.5, 0.6) is 11.6 Å². The molecule has 31 heavy (non-hydrogen) atoms. The number of hydrogen-bond donors (Lipinski definition) is 2. The van der Waals surface area contributed by atoms with Gasteiger partial charge in [-0.1, -0.05) is 43.6 Å². The molecule has 2 N–H and O–H groups in total. The van der Waals surface area contributed by atoms with Crippen LogP contribution in [-0.4, -0.2) is 26.9 Å². The molecule has 0 spiro atoms. The summed E-state index contributed by atoms with van der Waals surface area (Å²) in [4.78, 5) is 15.3. The van der Waals surface area contributed by atoms with E-state index in [1.165, 1.54) is 12.1 Å². The zero-order valence-electron chi connectivity index (χ0n) is 16.4. The highest BCUT2D eigenvalue weighted by Gasteiger charge is 2.26. The number of aromatic amines is 1. The lowest BCUT2D eigenvalue weighted by atomic mass is 10.0. The first-order valence-electron chi connectivity index (χ1n) is 9.09. The lowest BCUT2D eigenvalue weighted by Gasteiger charge is -2.24. The number of amides is 2. The summed E-state index contributed by atoms with van der Waals surface area (Å²) in [5.74, 6) is 0.638. The van der Waals surface area contributed by atoms with Gasteiger partial charge in [0.25, 0.3) is 0 Å². The van der Waals surface area contributed by atoms with E-state index in [1.54, 1.807) is 6.07 Å². The zero-order valence-corrected chi connectivity index (χ0v) is 17.9. The number of rotatable bonds is 4. The summed E-state index contributed by atoms with van der Waals surface area (Å²) < 4.78 is 5.81. The zero-order chi connectivity index (χ0) is 22.3. The first kappa shape index (κ1) is 20.7. The largest absolute Gasteiger partial charge is 0.434 e. The minimum absolute atomic E-state index is 0.0387. The quantitative estimate of drug-likeness (QED) is 0.566. The number of hydrogen-bond acceptors (Lipinski definition) is 6. The van der Waals surface area contributed by atoms with Gasteiger partial charge in [0.1, 0.15) is 6.07 Å². The molecule has 156 valence electrons. The van der Waals surface area contributed by atoms with Crippen molar-refractivity contribution in [2.45, 2.75) is 19.8 Å². The fourth-order valence-electron chi connectivity index (χ4n) is 3.03.